The Labute approximate surface area is 91.1 Å². The van der Waals surface area contributed by atoms with E-state index in [0.717, 1.165) is 0 Å². The van der Waals surface area contributed by atoms with Gasteiger partial charge in [0.1, 0.15) is 5.82 Å². The largest absolute Gasteiger partial charge is 0.384 e. The Balaban J connectivity index is 2.54. The number of halogens is 1. The summed E-state index contributed by atoms with van der Waals surface area (Å²) >= 11 is 0. The van der Waals surface area contributed by atoms with E-state index < -0.39 is 5.95 Å². The average Bonchev–Trinajstić information content (AvgIpc) is 2.58. The van der Waals surface area contributed by atoms with Crippen molar-refractivity contribution < 1.29 is 4.39 Å². The van der Waals surface area contributed by atoms with E-state index in [0.29, 0.717) is 12.2 Å². The highest BCUT2D eigenvalue weighted by atomic mass is 19.1. The summed E-state index contributed by atoms with van der Waals surface area (Å²) in [5.41, 5.74) is 11.5. The molecule has 4 N–H and O–H groups in total. The van der Waals surface area contributed by atoms with E-state index in [2.05, 4.69) is 15.1 Å². The Morgan fingerprint density at radius 2 is 2.12 bits per heavy atom. The molecule has 0 spiro atoms. The molecule has 0 aliphatic heterocycles. The summed E-state index contributed by atoms with van der Waals surface area (Å²) in [4.78, 5) is 7.62. The zero-order chi connectivity index (χ0) is 11.7. The van der Waals surface area contributed by atoms with E-state index in [1.165, 1.54) is 16.9 Å². The Morgan fingerprint density at radius 3 is 2.69 bits per heavy atom. The molecule has 84 valence electrons. The fourth-order valence-corrected chi connectivity index (χ4v) is 1.39. The number of nitrogens with two attached hydrogens (primary N) is 2. The highest BCUT2D eigenvalue weighted by Crippen LogP contribution is 2.22. The van der Waals surface area contributed by atoms with Crippen molar-refractivity contribution in [1.82, 2.24) is 19.7 Å². The summed E-state index contributed by atoms with van der Waals surface area (Å²) in [6.07, 6.45) is 1.39. The summed E-state index contributed by atoms with van der Waals surface area (Å²) in [6.45, 7) is 2.24. The average molecular weight is 222 g/mol. The van der Waals surface area contributed by atoms with Gasteiger partial charge in [-0.2, -0.15) is 14.5 Å². The van der Waals surface area contributed by atoms with Gasteiger partial charge in [-0.15, -0.1) is 0 Å². The topological polar surface area (TPSA) is 95.6 Å². The molecule has 0 unspecified atom stereocenters. The smallest absolute Gasteiger partial charge is 0.222 e. The number of aryl methyl sites for hydroxylation is 1. The molecule has 7 heteroatoms. The summed E-state index contributed by atoms with van der Waals surface area (Å²) in [5.74, 6) is -0.246. The van der Waals surface area contributed by atoms with Gasteiger partial charge in [0.05, 0.1) is 17.5 Å². The van der Waals surface area contributed by atoms with Crippen molar-refractivity contribution in [3.8, 4) is 11.3 Å². The molecule has 0 atom stereocenters. The molecule has 2 rings (SSSR count). The van der Waals surface area contributed by atoms with Crippen LogP contribution in [0.3, 0.4) is 0 Å². The predicted molar refractivity (Wildman–Crippen MR) is 57.7 cm³/mol. The van der Waals surface area contributed by atoms with Crippen molar-refractivity contribution in [3.63, 3.8) is 0 Å². The first-order chi connectivity index (χ1) is 7.61. The lowest BCUT2D eigenvalue weighted by Crippen LogP contribution is -2.02. The van der Waals surface area contributed by atoms with Crippen LogP contribution in [0.5, 0.6) is 0 Å². The van der Waals surface area contributed by atoms with Gasteiger partial charge in [0.25, 0.3) is 0 Å². The predicted octanol–water partition coefficient (Wildman–Crippen LogP) is 0.663. The Hall–Kier alpha value is -2.18. The molecule has 2 aromatic rings. The van der Waals surface area contributed by atoms with Crippen molar-refractivity contribution in [2.75, 3.05) is 11.5 Å². The van der Waals surface area contributed by atoms with Gasteiger partial charge in [0, 0.05) is 12.6 Å². The second-order valence-corrected chi connectivity index (χ2v) is 3.20. The maximum absolute atomic E-state index is 13.7. The third kappa shape index (κ3) is 1.67. The third-order valence-electron chi connectivity index (χ3n) is 2.11. The molecule has 0 saturated carbocycles. The van der Waals surface area contributed by atoms with E-state index in [1.54, 1.807) is 6.92 Å². The number of nitrogen functional groups attached to an aromatic ring is 2. The molecular formula is C9H11FN6. The molecule has 0 radical (unpaired) electrons. The van der Waals surface area contributed by atoms with E-state index in [1.807, 2.05) is 0 Å². The lowest BCUT2D eigenvalue weighted by atomic mass is 10.2. The van der Waals surface area contributed by atoms with E-state index >= 15 is 0 Å². The molecule has 2 heterocycles. The van der Waals surface area contributed by atoms with Crippen molar-refractivity contribution in [2.24, 2.45) is 0 Å². The molecule has 0 aromatic carbocycles. The quantitative estimate of drug-likeness (QED) is 0.778. The molecule has 6 nitrogen and oxygen atoms in total. The third-order valence-corrected chi connectivity index (χ3v) is 2.11. The van der Waals surface area contributed by atoms with Gasteiger partial charge in [-0.25, -0.2) is 9.67 Å². The number of hydrogen-bond donors (Lipinski definition) is 2. The molecular weight excluding hydrogens is 211 g/mol. The lowest BCUT2D eigenvalue weighted by Gasteiger charge is -2.01. The maximum Gasteiger partial charge on any atom is 0.222 e. The second-order valence-electron chi connectivity index (χ2n) is 3.20. The van der Waals surface area contributed by atoms with Crippen LogP contribution >= 0.6 is 0 Å². The van der Waals surface area contributed by atoms with Crippen LogP contribution in [0, 0.1) is 5.95 Å². The highest BCUT2D eigenvalue weighted by molar-refractivity contribution is 5.62. The molecule has 0 saturated heterocycles. The van der Waals surface area contributed by atoms with Gasteiger partial charge < -0.3 is 11.5 Å². The molecule has 0 bridgehead atoms. The first-order valence-corrected chi connectivity index (χ1v) is 4.73. The van der Waals surface area contributed by atoms with Crippen LogP contribution in [-0.4, -0.2) is 19.7 Å². The zero-order valence-electron chi connectivity index (χ0n) is 8.68. The van der Waals surface area contributed by atoms with Crippen molar-refractivity contribution in [3.05, 3.63) is 18.2 Å². The minimum absolute atomic E-state index is 0.0126. The fraction of sp³-hybridized carbons (Fsp3) is 0.222. The van der Waals surface area contributed by atoms with Crippen LogP contribution in [0.15, 0.2) is 12.3 Å². The zero-order valence-corrected chi connectivity index (χ0v) is 8.68. The SMILES string of the molecule is CCn1ncc(-c2cc(N)nc(N)n2)c1F. The molecule has 0 aliphatic rings. The molecule has 16 heavy (non-hydrogen) atoms. The molecule has 0 aliphatic carbocycles. The minimum atomic E-state index is -0.458. The molecule has 0 amide bonds. The van der Waals surface area contributed by atoms with Gasteiger partial charge in [0.15, 0.2) is 0 Å². The Morgan fingerprint density at radius 1 is 1.38 bits per heavy atom. The van der Waals surface area contributed by atoms with Crippen LogP contribution in [0.25, 0.3) is 11.3 Å². The van der Waals surface area contributed by atoms with Gasteiger partial charge in [-0.3, -0.25) is 0 Å². The number of hydrogen-bond acceptors (Lipinski definition) is 5. The first-order valence-electron chi connectivity index (χ1n) is 4.73. The Kier molecular flexibility index (Phi) is 2.43. The highest BCUT2D eigenvalue weighted by Gasteiger charge is 2.13. The Bertz CT molecular complexity index is 500. The van der Waals surface area contributed by atoms with Gasteiger partial charge >= 0.3 is 0 Å². The summed E-state index contributed by atoms with van der Waals surface area (Å²) < 4.78 is 15.0. The fourth-order valence-electron chi connectivity index (χ4n) is 1.39. The monoisotopic (exact) mass is 222 g/mol. The standard InChI is InChI=1S/C9H11FN6/c1-2-16-8(10)5(4-13-16)6-3-7(11)15-9(12)14-6/h3-4H,2H2,1H3,(H4,11,12,14,15). The van der Waals surface area contributed by atoms with Gasteiger partial charge in [-0.05, 0) is 6.92 Å². The lowest BCUT2D eigenvalue weighted by molar-refractivity contribution is 0.473. The number of anilines is 2. The second kappa shape index (κ2) is 3.76. The summed E-state index contributed by atoms with van der Waals surface area (Å²) in [5, 5.41) is 3.87. The van der Waals surface area contributed by atoms with Crippen LogP contribution in [-0.2, 0) is 6.54 Å². The van der Waals surface area contributed by atoms with Crippen LogP contribution in [0.1, 0.15) is 6.92 Å². The molecule has 0 fully saturated rings. The van der Waals surface area contributed by atoms with Gasteiger partial charge in [-0.1, -0.05) is 0 Å². The van der Waals surface area contributed by atoms with Crippen molar-refractivity contribution in [1.29, 1.82) is 0 Å². The maximum atomic E-state index is 13.7. The number of nitrogens with zero attached hydrogens (tertiary/aromatic N) is 4. The van der Waals surface area contributed by atoms with Crippen LogP contribution in [0.2, 0.25) is 0 Å². The van der Waals surface area contributed by atoms with Crippen molar-refractivity contribution >= 4 is 11.8 Å². The van der Waals surface area contributed by atoms with E-state index in [9.17, 15) is 4.39 Å². The van der Waals surface area contributed by atoms with E-state index in [-0.39, 0.29) is 17.3 Å². The van der Waals surface area contributed by atoms with Crippen LogP contribution in [0.4, 0.5) is 16.2 Å². The summed E-state index contributed by atoms with van der Waals surface area (Å²) in [6, 6.07) is 1.45. The normalized spacial score (nSPS) is 10.6. The first kappa shape index (κ1) is 10.3. The van der Waals surface area contributed by atoms with Gasteiger partial charge in [0.2, 0.25) is 11.9 Å². The molecule has 2 aromatic heterocycles. The van der Waals surface area contributed by atoms with Crippen LogP contribution < -0.4 is 11.5 Å². The minimum Gasteiger partial charge on any atom is -0.384 e. The summed E-state index contributed by atoms with van der Waals surface area (Å²) in [7, 11) is 0. The van der Waals surface area contributed by atoms with Crippen molar-refractivity contribution in [2.45, 2.75) is 13.5 Å². The number of aromatic nitrogens is 4. The number of rotatable bonds is 2. The van der Waals surface area contributed by atoms with E-state index in [4.69, 9.17) is 11.5 Å².